The molecule has 5 nitrogen and oxygen atoms in total. The fourth-order valence-electron chi connectivity index (χ4n) is 22.0. The Labute approximate surface area is 752 Å². The molecule has 27 rings (SSSR count). The molecule has 0 aliphatic heterocycles. The zero-order valence-electron chi connectivity index (χ0n) is 71.7. The summed E-state index contributed by atoms with van der Waals surface area (Å²) >= 11 is 0. The number of fused-ring (bicyclic) bond motifs is 14. The number of nitrogens with zero attached hydrogens (tertiary/aromatic N) is 5. The lowest BCUT2D eigenvalue weighted by Gasteiger charge is -2.25. The lowest BCUT2D eigenvalue weighted by molar-refractivity contribution is 0.660. The van der Waals surface area contributed by atoms with Crippen LogP contribution in [0.5, 0.6) is 0 Å². The summed E-state index contributed by atoms with van der Waals surface area (Å²) in [6.07, 6.45) is 0. The molecule has 3 aromatic heterocycles. The van der Waals surface area contributed by atoms with Crippen molar-refractivity contribution in [3.63, 3.8) is 0 Å². The van der Waals surface area contributed by atoms with E-state index in [0.29, 0.717) is 0 Å². The molecular weight excluding hydrogens is 1570 g/mol. The first-order chi connectivity index (χ1) is 64.3. The van der Waals surface area contributed by atoms with Crippen LogP contribution >= 0.6 is 0 Å². The summed E-state index contributed by atoms with van der Waals surface area (Å²) in [5.74, 6) is 0. The van der Waals surface area contributed by atoms with E-state index in [-0.39, 0.29) is 5.41 Å². The molecule has 23 aromatic carbocycles. The molecule has 0 saturated heterocycles. The number of hydrogen-bond acceptors (Lipinski definition) is 2. The van der Waals surface area contributed by atoms with Crippen LogP contribution in [-0.2, 0) is 5.41 Å². The summed E-state index contributed by atoms with van der Waals surface area (Å²) in [5, 5.41) is 23.0. The van der Waals surface area contributed by atoms with Crippen LogP contribution in [0.2, 0.25) is 0 Å². The average Bonchev–Trinajstić information content (AvgIpc) is 1.51. The quantitative estimate of drug-likeness (QED) is 0.107. The standard InChI is InChI=1S/C64H41N3.C61H42N2/c1-5-15-47(16-6-1)65(48-17-7-2-8-18-48)51-32-27-42(28-33-51)52-34-29-43-25-26-46-41-61-64(56-37-36-54(52)62(43)63(46)56)55-35-30-45(40-60(55)67(61)50-21-11-4-12-22-50)44-31-38-59-57(39-44)53-23-13-14-24-58(53)66(59)49-19-9-3-10-20-49;1-61(2)54-21-13-12-20-49(54)50-32-27-41(36-55(50)61)42-28-33-52-56(37-42)63(46-18-10-5-11-19-46)57-38-43-23-22-40-26-31-48(51-34-35-53(60(52)57)59(43)58(40)51)39-24-29-47(30-25-39)62(44-14-6-3-7-15-44)45-16-8-4-9-17-45/h1-41H;3-38H,1-2H3. The minimum Gasteiger partial charge on any atom is -0.311 e. The maximum Gasteiger partial charge on any atom is 0.0553 e. The summed E-state index contributed by atoms with van der Waals surface area (Å²) in [7, 11) is 0. The number of hydrogen-bond donors (Lipinski definition) is 0. The summed E-state index contributed by atoms with van der Waals surface area (Å²) < 4.78 is 7.34. The number of rotatable bonds is 13. The molecule has 0 saturated carbocycles. The van der Waals surface area contributed by atoms with Crippen molar-refractivity contribution in [2.24, 2.45) is 0 Å². The number of para-hydroxylation sites is 8. The molecule has 608 valence electrons. The second-order valence-corrected chi connectivity index (χ2v) is 35.4. The third-order valence-corrected chi connectivity index (χ3v) is 27.9. The summed E-state index contributed by atoms with van der Waals surface area (Å²) in [6, 6.07) is 172. The van der Waals surface area contributed by atoms with Crippen LogP contribution in [0.1, 0.15) is 25.0 Å². The Morgan fingerprint density at radius 1 is 0.169 bits per heavy atom. The molecule has 130 heavy (non-hydrogen) atoms. The van der Waals surface area contributed by atoms with E-state index in [4.69, 9.17) is 0 Å². The Balaban J connectivity index is 0.000000137. The van der Waals surface area contributed by atoms with E-state index in [1.54, 1.807) is 0 Å². The minimum absolute atomic E-state index is 0.0586. The maximum absolute atomic E-state index is 2.48. The Morgan fingerprint density at radius 2 is 0.485 bits per heavy atom. The van der Waals surface area contributed by atoms with Crippen LogP contribution in [0.3, 0.4) is 0 Å². The van der Waals surface area contributed by atoms with Crippen molar-refractivity contribution in [3.05, 3.63) is 478 Å². The Bertz CT molecular complexity index is 8870. The van der Waals surface area contributed by atoms with Crippen molar-refractivity contribution in [2.75, 3.05) is 9.80 Å². The molecule has 0 bridgehead atoms. The first-order valence-corrected chi connectivity index (χ1v) is 45.1. The van der Waals surface area contributed by atoms with Crippen molar-refractivity contribution in [3.8, 4) is 72.7 Å². The molecule has 0 amide bonds. The van der Waals surface area contributed by atoms with Crippen LogP contribution in [0, 0.1) is 0 Å². The van der Waals surface area contributed by atoms with Gasteiger partial charge in [0.15, 0.2) is 0 Å². The van der Waals surface area contributed by atoms with Gasteiger partial charge in [0.2, 0.25) is 0 Å². The van der Waals surface area contributed by atoms with E-state index in [0.717, 1.165) is 45.5 Å². The van der Waals surface area contributed by atoms with Gasteiger partial charge in [0, 0.05) is 88.9 Å². The van der Waals surface area contributed by atoms with Gasteiger partial charge in [-0.25, -0.2) is 0 Å². The maximum atomic E-state index is 2.48. The second kappa shape index (κ2) is 29.7. The predicted molar refractivity (Wildman–Crippen MR) is 552 cm³/mol. The van der Waals surface area contributed by atoms with Gasteiger partial charge in [0.1, 0.15) is 0 Å². The summed E-state index contributed by atoms with van der Waals surface area (Å²) in [6.45, 7) is 4.73. The highest BCUT2D eigenvalue weighted by molar-refractivity contribution is 6.36. The van der Waals surface area contributed by atoms with Gasteiger partial charge in [-0.1, -0.05) is 323 Å². The molecule has 3 heterocycles. The molecule has 0 fully saturated rings. The van der Waals surface area contributed by atoms with Gasteiger partial charge in [-0.05, 0) is 289 Å². The molecule has 0 radical (unpaired) electrons. The SMILES string of the molecule is CC1(C)c2ccccc2-c2ccc(-c3ccc4c5c6ccc7c(-c8ccc(N(c9ccccc9)c9ccccc9)cc8)ccc8ccc(cc5n(-c5ccccc5)c4c3)c6c87)cc21.c1ccc(N(c2ccccc2)c2ccc(-c3ccc4ccc5cc6c(c7ccc3c4c57)c3ccc(-c4ccc5c(c4)c4ccccc4n5-c4ccccc4)cc3n6-c3ccccc3)cc2)cc1. The highest BCUT2D eigenvalue weighted by Crippen LogP contribution is 2.53. The molecule has 1 aliphatic carbocycles. The van der Waals surface area contributed by atoms with Gasteiger partial charge in [-0.2, -0.15) is 0 Å². The molecular formula is C125H83N5. The predicted octanol–water partition coefficient (Wildman–Crippen LogP) is 34.4. The monoisotopic (exact) mass is 1650 g/mol. The molecule has 0 unspecified atom stereocenters. The topological polar surface area (TPSA) is 21.3 Å². The fourth-order valence-corrected chi connectivity index (χ4v) is 22.0. The van der Waals surface area contributed by atoms with Gasteiger partial charge in [0.25, 0.3) is 0 Å². The van der Waals surface area contributed by atoms with Crippen LogP contribution < -0.4 is 9.80 Å². The fraction of sp³-hybridized carbons (Fsp3) is 0.0240. The van der Waals surface area contributed by atoms with Crippen LogP contribution in [-0.4, -0.2) is 13.7 Å². The van der Waals surface area contributed by atoms with Gasteiger partial charge in [0.05, 0.1) is 33.1 Å². The van der Waals surface area contributed by atoms with Gasteiger partial charge >= 0.3 is 0 Å². The number of benzene rings is 23. The second-order valence-electron chi connectivity index (χ2n) is 35.4. The van der Waals surface area contributed by atoms with E-state index in [1.165, 1.54) is 203 Å². The van der Waals surface area contributed by atoms with Gasteiger partial charge in [-0.15, -0.1) is 0 Å². The molecule has 0 atom stereocenters. The molecule has 26 aromatic rings. The summed E-state index contributed by atoms with van der Waals surface area (Å²) in [4.78, 5) is 4.64. The van der Waals surface area contributed by atoms with E-state index >= 15 is 0 Å². The molecule has 5 heteroatoms. The highest BCUT2D eigenvalue weighted by Gasteiger charge is 2.36. The third-order valence-electron chi connectivity index (χ3n) is 27.9. The van der Waals surface area contributed by atoms with E-state index in [9.17, 15) is 0 Å². The summed E-state index contributed by atoms with van der Waals surface area (Å²) in [5.41, 5.74) is 32.7. The zero-order chi connectivity index (χ0) is 85.8. The van der Waals surface area contributed by atoms with E-state index in [1.807, 2.05) is 0 Å². The van der Waals surface area contributed by atoms with Crippen LogP contribution in [0.25, 0.3) is 203 Å². The molecule has 0 N–H and O–H groups in total. The van der Waals surface area contributed by atoms with Crippen molar-refractivity contribution in [1.82, 2.24) is 13.7 Å². The van der Waals surface area contributed by atoms with E-state index in [2.05, 4.69) is 504 Å². The number of anilines is 6. The minimum atomic E-state index is -0.0586. The van der Waals surface area contributed by atoms with Gasteiger partial charge < -0.3 is 23.5 Å². The highest BCUT2D eigenvalue weighted by atomic mass is 15.1. The lowest BCUT2D eigenvalue weighted by atomic mass is 9.81. The Morgan fingerprint density at radius 3 is 0.954 bits per heavy atom. The van der Waals surface area contributed by atoms with Crippen molar-refractivity contribution in [1.29, 1.82) is 0 Å². The normalized spacial score (nSPS) is 12.4. The Hall–Kier alpha value is -16.9. The van der Waals surface area contributed by atoms with Crippen molar-refractivity contribution >= 4 is 164 Å². The smallest absolute Gasteiger partial charge is 0.0553 e. The van der Waals surface area contributed by atoms with Crippen molar-refractivity contribution < 1.29 is 0 Å². The molecule has 1 aliphatic rings. The first kappa shape index (κ1) is 74.6. The number of aromatic nitrogens is 3. The lowest BCUT2D eigenvalue weighted by Crippen LogP contribution is -2.14. The largest absolute Gasteiger partial charge is 0.311 e. The van der Waals surface area contributed by atoms with E-state index < -0.39 is 0 Å². The van der Waals surface area contributed by atoms with Crippen LogP contribution in [0.4, 0.5) is 34.1 Å². The van der Waals surface area contributed by atoms with Gasteiger partial charge in [-0.3, -0.25) is 0 Å². The first-order valence-electron chi connectivity index (χ1n) is 45.1. The van der Waals surface area contributed by atoms with Crippen LogP contribution in [0.15, 0.2) is 467 Å². The van der Waals surface area contributed by atoms with Crippen molar-refractivity contribution in [2.45, 2.75) is 19.3 Å². The molecule has 0 spiro atoms. The zero-order valence-corrected chi connectivity index (χ0v) is 71.7. The average molecular weight is 1660 g/mol. The third kappa shape index (κ3) is 11.7. The Kier molecular flexibility index (Phi) is 17.0.